The van der Waals surface area contributed by atoms with Crippen molar-refractivity contribution in [3.8, 4) is 39.1 Å². The minimum atomic E-state index is -0.640. The van der Waals surface area contributed by atoms with E-state index in [1.807, 2.05) is 0 Å². The minimum absolute atomic E-state index is 0.599. The predicted octanol–water partition coefficient (Wildman–Crippen LogP) is 19.7. The molecule has 1 aromatic heterocycles. The molecule has 83 heavy (non-hydrogen) atoms. The highest BCUT2D eigenvalue weighted by atomic mass is 15.1. The van der Waals surface area contributed by atoms with E-state index in [-0.39, 0.29) is 0 Å². The van der Waals surface area contributed by atoms with Crippen LogP contribution in [0.5, 0.6) is 0 Å². The minimum Gasteiger partial charge on any atom is -0.310 e. The summed E-state index contributed by atoms with van der Waals surface area (Å²) in [5, 5.41) is 2.54. The molecule has 0 radical (unpaired) electrons. The van der Waals surface area contributed by atoms with Gasteiger partial charge in [-0.25, -0.2) is 0 Å². The summed E-state index contributed by atoms with van der Waals surface area (Å²) in [5.41, 5.74) is 28.0. The molecule has 1 atom stereocenters. The largest absolute Gasteiger partial charge is 0.310 e. The predicted molar refractivity (Wildman–Crippen MR) is 341 cm³/mol. The van der Waals surface area contributed by atoms with E-state index in [4.69, 9.17) is 0 Å². The van der Waals surface area contributed by atoms with Gasteiger partial charge in [-0.15, -0.1) is 0 Å². The lowest BCUT2D eigenvalue weighted by Crippen LogP contribution is -2.33. The van der Waals surface area contributed by atoms with Crippen molar-refractivity contribution in [2.24, 2.45) is 0 Å². The van der Waals surface area contributed by atoms with Gasteiger partial charge in [0, 0.05) is 27.8 Å². The fourth-order valence-electron chi connectivity index (χ4n) is 16.3. The maximum atomic E-state index is 2.58. The number of anilines is 3. The number of hydrogen-bond donors (Lipinski definition) is 0. The molecule has 0 fully saturated rings. The molecule has 13 aromatic carbocycles. The van der Waals surface area contributed by atoms with Gasteiger partial charge in [-0.3, -0.25) is 0 Å². The Labute approximate surface area is 483 Å². The van der Waals surface area contributed by atoms with Crippen LogP contribution in [0.2, 0.25) is 0 Å². The smallest absolute Gasteiger partial charge is 0.0755 e. The van der Waals surface area contributed by atoms with E-state index in [2.05, 4.69) is 325 Å². The van der Waals surface area contributed by atoms with Crippen LogP contribution in [0.15, 0.2) is 315 Å². The van der Waals surface area contributed by atoms with E-state index in [9.17, 15) is 0 Å². The molecule has 0 saturated carbocycles. The zero-order chi connectivity index (χ0) is 54.4. The summed E-state index contributed by atoms with van der Waals surface area (Å²) in [5.74, 6) is 0. The molecule has 1 spiro atoms. The fraction of sp³-hybridized carbons (Fsp3) is 0.0370. The summed E-state index contributed by atoms with van der Waals surface area (Å²) < 4.78 is 2.54. The van der Waals surface area contributed by atoms with Gasteiger partial charge in [-0.05, 0) is 149 Å². The van der Waals surface area contributed by atoms with Crippen LogP contribution in [0.25, 0.3) is 60.9 Å². The molecular formula is C81H52N2. The molecule has 0 N–H and O–H groups in total. The van der Waals surface area contributed by atoms with Gasteiger partial charge in [0.2, 0.25) is 0 Å². The normalized spacial score (nSPS) is 15.7. The Bertz CT molecular complexity index is 4720. The molecule has 2 heteroatoms. The van der Waals surface area contributed by atoms with E-state index in [1.165, 1.54) is 128 Å². The van der Waals surface area contributed by atoms with E-state index in [1.54, 1.807) is 0 Å². The standard InChI is InChI=1S/C81H52N2/c1-5-24-53(25-6-1)79(54-26-7-2-8-27-54)68-37-17-13-32-60(68)63-47-44-57(50-73(63)79)82(58-45-48-64-61-33-14-18-38-69(61)80(74(64)51-58,55-28-9-3-10-29-55)56-30-11-4-12-31-56)59-46-49-65-62-34-15-19-39-70(62)81(75(65)52-59)71-40-20-22-43-77(71)83-76-42-21-16-35-66(76)67-36-23-41-72(81)78(67)83/h1-52H. The van der Waals surface area contributed by atoms with Crippen LogP contribution < -0.4 is 4.90 Å². The second kappa shape index (κ2) is 17.2. The Morgan fingerprint density at radius 3 is 1.04 bits per heavy atom. The van der Waals surface area contributed by atoms with Gasteiger partial charge < -0.3 is 9.47 Å². The molecule has 3 aliphatic carbocycles. The first-order chi connectivity index (χ1) is 41.2. The Morgan fingerprint density at radius 2 is 0.566 bits per heavy atom. The average Bonchev–Trinajstić information content (AvgIpc) is 1.73. The molecule has 1 aliphatic heterocycles. The van der Waals surface area contributed by atoms with E-state index in [0.717, 1.165) is 17.1 Å². The highest BCUT2D eigenvalue weighted by molar-refractivity contribution is 6.13. The number of para-hydroxylation sites is 3. The summed E-state index contributed by atoms with van der Waals surface area (Å²) in [6.45, 7) is 0. The van der Waals surface area contributed by atoms with Gasteiger partial charge in [-0.1, -0.05) is 267 Å². The van der Waals surface area contributed by atoms with Crippen molar-refractivity contribution in [1.82, 2.24) is 4.57 Å². The lowest BCUT2D eigenvalue weighted by atomic mass is 9.65. The van der Waals surface area contributed by atoms with Crippen molar-refractivity contribution in [2.45, 2.75) is 16.2 Å². The summed E-state index contributed by atoms with van der Waals surface area (Å²) in [7, 11) is 0. The molecule has 0 amide bonds. The van der Waals surface area contributed by atoms with Gasteiger partial charge in [0.25, 0.3) is 0 Å². The van der Waals surface area contributed by atoms with Gasteiger partial charge in [0.1, 0.15) is 0 Å². The van der Waals surface area contributed by atoms with Crippen molar-refractivity contribution in [2.75, 3.05) is 4.90 Å². The molecule has 386 valence electrons. The quantitative estimate of drug-likeness (QED) is 0.154. The molecular weight excluding hydrogens is 1000 g/mol. The summed E-state index contributed by atoms with van der Waals surface area (Å²) in [6, 6.07) is 119. The maximum Gasteiger partial charge on any atom is 0.0755 e. The SMILES string of the molecule is c1ccc(C2(c3ccccc3)c3ccccc3-c3ccc(N(c4ccc5c(c4)C(c4ccccc4)(c4ccccc4)c4ccccc4-5)c4ccc5c(c4)C4(c6ccccc6-5)c5ccccc5-n5c6ccccc6c6cccc4c65)cc32)cc1. The summed E-state index contributed by atoms with van der Waals surface area (Å²) in [6.07, 6.45) is 0. The molecule has 2 heterocycles. The fourth-order valence-corrected chi connectivity index (χ4v) is 16.3. The van der Waals surface area contributed by atoms with Gasteiger partial charge in [-0.2, -0.15) is 0 Å². The Hall–Kier alpha value is -10.5. The monoisotopic (exact) mass is 1050 g/mol. The average molecular weight is 1050 g/mol. The molecule has 18 rings (SSSR count). The van der Waals surface area contributed by atoms with Crippen LogP contribution in [0.4, 0.5) is 17.1 Å². The second-order valence-corrected chi connectivity index (χ2v) is 22.9. The van der Waals surface area contributed by atoms with Crippen LogP contribution in [0.3, 0.4) is 0 Å². The Morgan fingerprint density at radius 1 is 0.229 bits per heavy atom. The van der Waals surface area contributed by atoms with Crippen LogP contribution >= 0.6 is 0 Å². The van der Waals surface area contributed by atoms with Crippen LogP contribution in [0, 0.1) is 0 Å². The molecule has 2 nitrogen and oxygen atoms in total. The van der Waals surface area contributed by atoms with Gasteiger partial charge in [0.05, 0.1) is 33.0 Å². The second-order valence-electron chi connectivity index (χ2n) is 22.9. The highest BCUT2D eigenvalue weighted by Gasteiger charge is 2.52. The van der Waals surface area contributed by atoms with E-state index in [0.29, 0.717) is 0 Å². The highest BCUT2D eigenvalue weighted by Crippen LogP contribution is 2.64. The Kier molecular flexibility index (Phi) is 9.60. The van der Waals surface area contributed by atoms with Crippen molar-refractivity contribution in [3.63, 3.8) is 0 Å². The third kappa shape index (κ3) is 5.91. The number of nitrogens with zero attached hydrogens (tertiary/aromatic N) is 2. The Balaban J connectivity index is 0.951. The molecule has 4 aliphatic rings. The number of rotatable bonds is 7. The van der Waals surface area contributed by atoms with Crippen molar-refractivity contribution >= 4 is 38.9 Å². The van der Waals surface area contributed by atoms with Crippen molar-refractivity contribution in [3.05, 3.63) is 382 Å². The summed E-state index contributed by atoms with van der Waals surface area (Å²) in [4.78, 5) is 2.58. The van der Waals surface area contributed by atoms with E-state index < -0.39 is 16.2 Å². The van der Waals surface area contributed by atoms with Crippen LogP contribution in [0.1, 0.15) is 66.8 Å². The molecule has 14 aromatic rings. The van der Waals surface area contributed by atoms with Gasteiger partial charge in [0.15, 0.2) is 0 Å². The topological polar surface area (TPSA) is 8.17 Å². The first kappa shape index (κ1) is 46.2. The number of aromatic nitrogens is 1. The zero-order valence-electron chi connectivity index (χ0n) is 45.4. The maximum absolute atomic E-state index is 2.58. The zero-order valence-corrected chi connectivity index (χ0v) is 45.4. The van der Waals surface area contributed by atoms with Crippen LogP contribution in [-0.2, 0) is 16.2 Å². The lowest BCUT2D eigenvalue weighted by molar-refractivity contribution is 0.748. The first-order valence-electron chi connectivity index (χ1n) is 29.1. The number of hydrogen-bond acceptors (Lipinski definition) is 1. The van der Waals surface area contributed by atoms with Gasteiger partial charge >= 0.3 is 0 Å². The lowest BCUT2D eigenvalue weighted by Gasteiger charge is -2.40. The third-order valence-corrected chi connectivity index (χ3v) is 19.3. The third-order valence-electron chi connectivity index (χ3n) is 19.3. The molecule has 0 saturated heterocycles. The van der Waals surface area contributed by atoms with Crippen LogP contribution in [-0.4, -0.2) is 4.57 Å². The molecule has 0 bridgehead atoms. The molecule has 1 unspecified atom stereocenters. The summed E-state index contributed by atoms with van der Waals surface area (Å²) >= 11 is 0. The first-order valence-corrected chi connectivity index (χ1v) is 29.1. The van der Waals surface area contributed by atoms with Crippen molar-refractivity contribution < 1.29 is 0 Å². The number of fused-ring (bicyclic) bond motifs is 18. The van der Waals surface area contributed by atoms with Crippen molar-refractivity contribution in [1.29, 1.82) is 0 Å². The number of benzene rings is 13. The van der Waals surface area contributed by atoms with E-state index >= 15 is 0 Å².